The Kier molecular flexibility index (Phi) is 25.5. The summed E-state index contributed by atoms with van der Waals surface area (Å²) < 4.78 is 111. The van der Waals surface area contributed by atoms with Gasteiger partial charge in [-0.2, -0.15) is 25.3 Å². The minimum Gasteiger partial charge on any atom is -0.370 e. The van der Waals surface area contributed by atoms with Crippen LogP contribution in [-0.4, -0.2) is 126 Å². The van der Waals surface area contributed by atoms with E-state index in [1.165, 1.54) is 30.0 Å². The van der Waals surface area contributed by atoms with Gasteiger partial charge in [-0.1, -0.05) is 41.0 Å². The Morgan fingerprint density at radius 3 is 1.92 bits per heavy atom. The lowest BCUT2D eigenvalue weighted by atomic mass is 9.99. The van der Waals surface area contributed by atoms with Crippen molar-refractivity contribution in [3.05, 3.63) is 64.3 Å². The maximum atomic E-state index is 14.1. The number of likely N-dealkylation sites (N-methyl/N-ethyl adjacent to an activating group) is 2. The molecule has 0 saturated heterocycles. The molecule has 2 amide bonds. The summed E-state index contributed by atoms with van der Waals surface area (Å²) in [6.45, 7) is 11.5. The molecule has 0 unspecified atom stereocenters. The van der Waals surface area contributed by atoms with Crippen LogP contribution in [0.2, 0.25) is 0 Å². The van der Waals surface area contributed by atoms with Crippen molar-refractivity contribution in [3.63, 3.8) is 0 Å². The molecule has 0 saturated carbocycles. The number of nitrogens with zero attached hydrogens (tertiary/aromatic N) is 3. The van der Waals surface area contributed by atoms with Gasteiger partial charge >= 0.3 is 31.2 Å². The maximum Gasteiger partial charge on any atom is 0.446 e. The molecule has 370 valence electrons. The van der Waals surface area contributed by atoms with E-state index in [2.05, 4.69) is 59.5 Å². The van der Waals surface area contributed by atoms with Gasteiger partial charge in [0.1, 0.15) is 12.1 Å². The summed E-state index contributed by atoms with van der Waals surface area (Å²) in [5, 5.41) is 11.6. The van der Waals surface area contributed by atoms with Crippen molar-refractivity contribution in [3.8, 4) is 5.75 Å². The molecule has 0 fully saturated rings. The van der Waals surface area contributed by atoms with Gasteiger partial charge in [-0.3, -0.25) is 23.2 Å². The van der Waals surface area contributed by atoms with Crippen LogP contribution in [0.1, 0.15) is 97.3 Å². The topological polar surface area (TPSA) is 353 Å². The second-order valence-corrected chi connectivity index (χ2v) is 18.5. The highest BCUT2D eigenvalue weighted by molar-refractivity contribution is 7.81. The van der Waals surface area contributed by atoms with E-state index in [4.69, 9.17) is 20.2 Å². The summed E-state index contributed by atoms with van der Waals surface area (Å²) in [6.07, 6.45) is 7.21. The summed E-state index contributed by atoms with van der Waals surface area (Å²) >= 11 is 0. The highest BCUT2D eigenvalue weighted by atomic mass is 32.3. The molecule has 0 bridgehead atoms. The summed E-state index contributed by atoms with van der Waals surface area (Å²) in [7, 11) is -12.6. The average Bonchev–Trinajstić information content (AvgIpc) is 3.17. The summed E-state index contributed by atoms with van der Waals surface area (Å²) in [5.74, 6) is -1.56. The van der Waals surface area contributed by atoms with Crippen molar-refractivity contribution >= 4 is 54.9 Å². The van der Waals surface area contributed by atoms with E-state index in [-0.39, 0.29) is 36.9 Å². The predicted octanol–water partition coefficient (Wildman–Crippen LogP) is 2.00. The number of aliphatic imine (C=N–C) groups is 2. The number of nitrogens with two attached hydrogens (primary N) is 2. The minimum absolute atomic E-state index is 0.0471. The van der Waals surface area contributed by atoms with E-state index >= 15 is 0 Å². The van der Waals surface area contributed by atoms with Crippen molar-refractivity contribution in [1.82, 2.24) is 26.2 Å². The van der Waals surface area contributed by atoms with Crippen LogP contribution in [0.5, 0.6) is 5.75 Å². The number of rotatable bonds is 29. The van der Waals surface area contributed by atoms with Gasteiger partial charge in [0, 0.05) is 25.7 Å². The molecule has 1 aromatic carbocycles. The van der Waals surface area contributed by atoms with Gasteiger partial charge in [0.15, 0.2) is 17.7 Å². The zero-order valence-corrected chi connectivity index (χ0v) is 40.6. The Balaban J connectivity index is 3.37. The normalized spacial score (nSPS) is 14.7. The van der Waals surface area contributed by atoms with E-state index < -0.39 is 85.2 Å². The van der Waals surface area contributed by atoms with E-state index in [9.17, 15) is 43.9 Å². The van der Waals surface area contributed by atoms with Crippen LogP contribution >= 0.6 is 0 Å². The van der Waals surface area contributed by atoms with Gasteiger partial charge in [-0.15, -0.1) is 0 Å². The third kappa shape index (κ3) is 26.2. The molecule has 1 rings (SSSR count). The standard InChI is InChI=1S/C39H67N9O14S3/c1-26(2)12-9-13-28(5)19-23-46-39(41)43-20-10-14-32(42-7)37(50)48(8)33(15-11-21-44-38(40)45-22-18-27(3)4)36(49)47-29(6)35(62-65(57,58)59)30-16-17-34(61-64(54,55)56)31(24-30)25-60-63(51,52)53/h12,16-19,24,29,32-33,35,42H,9-11,13-15,20-23,25H2,1-8H3,(H,47,49)(H3,40,44,45)(H3,41,43,46)(H,51,52,53)(H,54,55,56)(H,57,58,59)/t29-,32+,33+,35+/m1/s1. The lowest BCUT2D eigenvalue weighted by Crippen LogP contribution is -2.55. The van der Waals surface area contributed by atoms with E-state index in [0.717, 1.165) is 36.6 Å². The molecule has 23 nitrogen and oxygen atoms in total. The zero-order valence-electron chi connectivity index (χ0n) is 38.1. The van der Waals surface area contributed by atoms with Gasteiger partial charge in [0.05, 0.1) is 31.8 Å². The predicted molar refractivity (Wildman–Crippen MR) is 247 cm³/mol. The molecule has 0 heterocycles. The third-order valence-electron chi connectivity index (χ3n) is 9.28. The van der Waals surface area contributed by atoms with Crippen LogP contribution in [0.4, 0.5) is 0 Å². The van der Waals surface area contributed by atoms with Crippen molar-refractivity contribution in [2.75, 3.05) is 40.3 Å². The number of guanidine groups is 2. The number of carbonyl (C=O) groups is 2. The molecule has 0 aliphatic carbocycles. The lowest BCUT2D eigenvalue weighted by Gasteiger charge is -2.32. The summed E-state index contributed by atoms with van der Waals surface area (Å²) in [6, 6.07) is -0.519. The fourth-order valence-electron chi connectivity index (χ4n) is 5.93. The second kappa shape index (κ2) is 28.4. The molecule has 65 heavy (non-hydrogen) atoms. The number of hydrogen-bond donors (Lipinski definition) is 9. The van der Waals surface area contributed by atoms with Crippen molar-refractivity contribution in [1.29, 1.82) is 0 Å². The molecular formula is C39H67N9O14S3. The first-order valence-electron chi connectivity index (χ1n) is 20.4. The Morgan fingerprint density at radius 2 is 1.40 bits per heavy atom. The first-order chi connectivity index (χ1) is 30.1. The van der Waals surface area contributed by atoms with Gasteiger partial charge in [-0.05, 0) is 105 Å². The number of benzene rings is 1. The fraction of sp³-hybridized carbons (Fsp3) is 0.590. The smallest absolute Gasteiger partial charge is 0.370 e. The maximum absolute atomic E-state index is 14.1. The van der Waals surface area contributed by atoms with E-state index in [1.54, 1.807) is 7.05 Å². The quantitative estimate of drug-likeness (QED) is 0.0182. The number of allylic oxidation sites excluding steroid dienone is 4. The molecule has 0 aromatic heterocycles. The third-order valence-corrected chi connectivity index (χ3v) is 10.5. The molecule has 0 aliphatic rings. The largest absolute Gasteiger partial charge is 0.446 e. The molecule has 26 heteroatoms. The number of amides is 2. The second-order valence-electron chi connectivity index (χ2n) is 15.4. The SMILES string of the molecule is CN[C@@H](CCCNC(N)=NCC=C(C)CCC=C(C)C)C(=O)N(C)[C@@H](CCCNC(N)=NCC=C(C)C)C(=O)N[C@H](C)[C@H](OS(=O)(=O)O)c1ccc(OS(=O)(=O)O)c(COS(=O)(=O)O)c1. The first kappa shape index (κ1) is 58.3. The van der Waals surface area contributed by atoms with Gasteiger partial charge in [0.25, 0.3) is 0 Å². The average molecular weight is 982 g/mol. The number of nitrogens with one attached hydrogen (secondary N) is 4. The lowest BCUT2D eigenvalue weighted by molar-refractivity contribution is -0.141. The highest BCUT2D eigenvalue weighted by Gasteiger charge is 2.34. The highest BCUT2D eigenvalue weighted by Crippen LogP contribution is 2.30. The Morgan fingerprint density at radius 1 is 0.831 bits per heavy atom. The minimum atomic E-state index is -5.29. The van der Waals surface area contributed by atoms with Gasteiger partial charge < -0.3 is 41.8 Å². The number of carbonyl (C=O) groups excluding carboxylic acids is 2. The number of hydrogen-bond acceptors (Lipinski definition) is 14. The van der Waals surface area contributed by atoms with Gasteiger partial charge in [0.2, 0.25) is 11.8 Å². The Labute approximate surface area is 383 Å². The van der Waals surface area contributed by atoms with Crippen molar-refractivity contribution in [2.24, 2.45) is 21.5 Å². The van der Waals surface area contributed by atoms with Crippen molar-refractivity contribution in [2.45, 2.75) is 111 Å². The van der Waals surface area contributed by atoms with E-state index in [0.29, 0.717) is 32.5 Å². The van der Waals surface area contributed by atoms with Crippen LogP contribution in [-0.2, 0) is 55.8 Å². The van der Waals surface area contributed by atoms with Crippen molar-refractivity contribution < 1.29 is 61.0 Å². The molecule has 11 N–H and O–H groups in total. The molecule has 0 radical (unpaired) electrons. The molecular weight excluding hydrogens is 915 g/mol. The van der Waals surface area contributed by atoms with Gasteiger partial charge in [-0.25, -0.2) is 18.4 Å². The monoisotopic (exact) mass is 981 g/mol. The van der Waals surface area contributed by atoms with Crippen LogP contribution in [0, 0.1) is 0 Å². The molecule has 0 spiro atoms. The van der Waals surface area contributed by atoms with Crippen LogP contribution in [0.15, 0.2) is 63.1 Å². The molecule has 0 aliphatic heterocycles. The molecule has 1 aromatic rings. The molecule has 4 atom stereocenters. The van der Waals surface area contributed by atoms with E-state index in [1.807, 2.05) is 32.9 Å². The fourth-order valence-corrected chi connectivity index (χ4v) is 7.14. The summed E-state index contributed by atoms with van der Waals surface area (Å²) in [4.78, 5) is 37.9. The zero-order chi connectivity index (χ0) is 49.5. The summed E-state index contributed by atoms with van der Waals surface area (Å²) in [5.41, 5.74) is 14.8. The Hall–Kier alpha value is -4.67. The Bertz CT molecular complexity index is 2210. The van der Waals surface area contributed by atoms with Crippen LogP contribution < -0.4 is 36.9 Å². The van der Waals surface area contributed by atoms with Crippen LogP contribution in [0.3, 0.4) is 0 Å². The van der Waals surface area contributed by atoms with Crippen LogP contribution in [0.25, 0.3) is 0 Å². The first-order valence-corrected chi connectivity index (χ1v) is 24.5.